The van der Waals surface area contributed by atoms with Gasteiger partial charge in [-0.05, 0) is 0 Å². The molecule has 0 aromatic carbocycles. The molecule has 0 aliphatic heterocycles. The molecular formula is C8H8FNO5. The molecule has 0 saturated heterocycles. The van der Waals surface area contributed by atoms with Crippen LogP contribution in [0.1, 0.15) is 6.42 Å². The van der Waals surface area contributed by atoms with Crippen LogP contribution in [0.15, 0.2) is 0 Å². The van der Waals surface area contributed by atoms with Gasteiger partial charge in [0.2, 0.25) is 5.67 Å². The van der Waals surface area contributed by atoms with E-state index in [-0.39, 0.29) is 0 Å². The number of rotatable bonds is 2. The third kappa shape index (κ3) is 0.883. The van der Waals surface area contributed by atoms with E-state index in [1.165, 1.54) is 0 Å². The van der Waals surface area contributed by atoms with Crippen LogP contribution in [0.4, 0.5) is 4.39 Å². The molecule has 0 spiro atoms. The van der Waals surface area contributed by atoms with E-state index in [4.69, 9.17) is 15.9 Å². The summed E-state index contributed by atoms with van der Waals surface area (Å²) in [5, 5.41) is 17.3. The molecule has 2 rings (SSSR count). The average Bonchev–Trinajstić information content (AvgIpc) is 2.63. The number of ketones is 1. The molecule has 3 unspecified atom stereocenters. The number of aliphatic carboxylic acids is 2. The third-order valence-corrected chi connectivity index (χ3v) is 3.22. The fourth-order valence-electron chi connectivity index (χ4n) is 2.43. The summed E-state index contributed by atoms with van der Waals surface area (Å²) in [4.78, 5) is 32.6. The van der Waals surface area contributed by atoms with Crippen molar-refractivity contribution in [1.29, 1.82) is 0 Å². The summed E-state index contributed by atoms with van der Waals surface area (Å²) in [7, 11) is 0. The maximum Gasteiger partial charge on any atom is 0.342 e. The van der Waals surface area contributed by atoms with Crippen molar-refractivity contribution < 1.29 is 29.0 Å². The monoisotopic (exact) mass is 217 g/mol. The Balaban J connectivity index is 2.42. The molecule has 0 radical (unpaired) electrons. The van der Waals surface area contributed by atoms with E-state index >= 15 is 0 Å². The zero-order chi connectivity index (χ0) is 11.6. The Hall–Kier alpha value is -1.50. The summed E-state index contributed by atoms with van der Waals surface area (Å²) in [6, 6.07) is 0. The number of hydrogen-bond donors (Lipinski definition) is 3. The molecule has 2 aliphatic carbocycles. The molecule has 0 bridgehead atoms. The van der Waals surface area contributed by atoms with Crippen LogP contribution in [0.2, 0.25) is 0 Å². The average molecular weight is 217 g/mol. The standard InChI is InChI=1S/C8H8FNO5/c9-8(6(14)15)3-2(11)1-7(10,4(3)8)5(12)13/h3-4H,1,10H2,(H,12,13)(H,14,15)/t3?,4?,7?,8-/m1/s1. The molecular weight excluding hydrogens is 209 g/mol. The Morgan fingerprint density at radius 3 is 2.27 bits per heavy atom. The molecule has 0 aromatic rings. The second-order valence-electron chi connectivity index (χ2n) is 4.02. The number of Topliss-reactive ketones (excluding diaryl/α,β-unsaturated/α-hetero) is 1. The SMILES string of the molecule is NC1(C(=O)O)CC(=O)C2C1[C@@]2(F)C(=O)O. The maximum absolute atomic E-state index is 13.7. The van der Waals surface area contributed by atoms with E-state index in [1.54, 1.807) is 0 Å². The van der Waals surface area contributed by atoms with E-state index in [0.29, 0.717) is 0 Å². The fourth-order valence-corrected chi connectivity index (χ4v) is 2.43. The predicted octanol–water partition coefficient (Wildman–Crippen LogP) is -1.22. The van der Waals surface area contributed by atoms with Crippen molar-refractivity contribution in [3.63, 3.8) is 0 Å². The van der Waals surface area contributed by atoms with Gasteiger partial charge in [0.15, 0.2) is 0 Å². The van der Waals surface area contributed by atoms with Crippen LogP contribution in [0, 0.1) is 11.8 Å². The van der Waals surface area contributed by atoms with Crippen LogP contribution in [0.25, 0.3) is 0 Å². The predicted molar refractivity (Wildman–Crippen MR) is 42.6 cm³/mol. The summed E-state index contributed by atoms with van der Waals surface area (Å²) in [6.07, 6.45) is -0.503. The van der Waals surface area contributed by atoms with Crippen molar-refractivity contribution in [1.82, 2.24) is 0 Å². The van der Waals surface area contributed by atoms with Crippen LogP contribution < -0.4 is 5.73 Å². The molecule has 0 heterocycles. The Morgan fingerprint density at radius 2 is 1.93 bits per heavy atom. The molecule has 4 atom stereocenters. The quantitative estimate of drug-likeness (QED) is 0.533. The lowest BCUT2D eigenvalue weighted by Crippen LogP contribution is -2.52. The van der Waals surface area contributed by atoms with Crippen LogP contribution in [0.5, 0.6) is 0 Å². The van der Waals surface area contributed by atoms with Crippen molar-refractivity contribution in [2.24, 2.45) is 17.6 Å². The molecule has 7 heteroatoms. The third-order valence-electron chi connectivity index (χ3n) is 3.22. The lowest BCUT2D eigenvalue weighted by atomic mass is 9.90. The first-order valence-corrected chi connectivity index (χ1v) is 4.23. The lowest BCUT2D eigenvalue weighted by Gasteiger charge is -2.21. The topological polar surface area (TPSA) is 118 Å². The van der Waals surface area contributed by atoms with Crippen LogP contribution in [-0.2, 0) is 14.4 Å². The summed E-state index contributed by atoms with van der Waals surface area (Å²) >= 11 is 0. The van der Waals surface area contributed by atoms with Gasteiger partial charge in [0.05, 0.1) is 5.92 Å². The van der Waals surface area contributed by atoms with Crippen molar-refractivity contribution >= 4 is 17.7 Å². The molecule has 0 aromatic heterocycles. The van der Waals surface area contributed by atoms with Crippen LogP contribution >= 0.6 is 0 Å². The molecule has 0 amide bonds. The summed E-state index contributed by atoms with van der Waals surface area (Å²) in [6.45, 7) is 0. The molecule has 2 fully saturated rings. The van der Waals surface area contributed by atoms with Crippen LogP contribution in [-0.4, -0.2) is 39.1 Å². The van der Waals surface area contributed by atoms with Gasteiger partial charge < -0.3 is 15.9 Å². The van der Waals surface area contributed by atoms with Gasteiger partial charge in [-0.25, -0.2) is 9.18 Å². The number of fused-ring (bicyclic) bond motifs is 1. The minimum absolute atomic E-state index is 0.503. The van der Waals surface area contributed by atoms with E-state index in [1.807, 2.05) is 0 Å². The number of carboxylic acid groups (broad SMARTS) is 2. The van der Waals surface area contributed by atoms with Crippen molar-refractivity contribution in [3.8, 4) is 0 Å². The van der Waals surface area contributed by atoms with E-state index in [2.05, 4.69) is 0 Å². The van der Waals surface area contributed by atoms with Crippen molar-refractivity contribution in [2.45, 2.75) is 17.6 Å². The highest BCUT2D eigenvalue weighted by atomic mass is 19.1. The fraction of sp³-hybridized carbons (Fsp3) is 0.625. The van der Waals surface area contributed by atoms with Gasteiger partial charge in [0, 0.05) is 12.3 Å². The first-order chi connectivity index (χ1) is 6.76. The maximum atomic E-state index is 13.7. The number of alkyl halides is 1. The second-order valence-corrected chi connectivity index (χ2v) is 4.02. The van der Waals surface area contributed by atoms with Crippen molar-refractivity contribution in [3.05, 3.63) is 0 Å². The van der Waals surface area contributed by atoms with Crippen molar-refractivity contribution in [2.75, 3.05) is 0 Å². The minimum atomic E-state index is -2.79. The first kappa shape index (κ1) is 10.0. The number of nitrogens with two attached hydrogens (primary N) is 1. The smallest absolute Gasteiger partial charge is 0.342 e. The molecule has 2 saturated carbocycles. The highest BCUT2D eigenvalue weighted by Crippen LogP contribution is 2.64. The summed E-state index contributed by atoms with van der Waals surface area (Å²) in [5.41, 5.74) is 0.503. The molecule has 2 aliphatic rings. The van der Waals surface area contributed by atoms with E-state index in [0.717, 1.165) is 0 Å². The summed E-state index contributed by atoms with van der Waals surface area (Å²) in [5.74, 6) is -6.91. The normalized spacial score (nSPS) is 47.5. The van der Waals surface area contributed by atoms with E-state index in [9.17, 15) is 18.8 Å². The zero-order valence-corrected chi connectivity index (χ0v) is 7.44. The van der Waals surface area contributed by atoms with Gasteiger partial charge in [-0.1, -0.05) is 0 Å². The van der Waals surface area contributed by atoms with Crippen LogP contribution in [0.3, 0.4) is 0 Å². The molecule has 6 nitrogen and oxygen atoms in total. The second kappa shape index (κ2) is 2.35. The molecule has 4 N–H and O–H groups in total. The summed E-state index contributed by atoms with van der Waals surface area (Å²) < 4.78 is 13.7. The number of carbonyl (C=O) groups is 3. The van der Waals surface area contributed by atoms with Gasteiger partial charge in [-0.15, -0.1) is 0 Å². The zero-order valence-electron chi connectivity index (χ0n) is 7.44. The first-order valence-electron chi connectivity index (χ1n) is 4.23. The molecule has 15 heavy (non-hydrogen) atoms. The van der Waals surface area contributed by atoms with Gasteiger partial charge >= 0.3 is 11.9 Å². The lowest BCUT2D eigenvalue weighted by molar-refractivity contribution is -0.151. The Bertz CT molecular complexity index is 396. The number of carbonyl (C=O) groups excluding carboxylic acids is 1. The van der Waals surface area contributed by atoms with Gasteiger partial charge in [0.25, 0.3) is 0 Å². The van der Waals surface area contributed by atoms with Gasteiger partial charge in [-0.2, -0.15) is 0 Å². The Kier molecular flexibility index (Phi) is 1.57. The molecule has 82 valence electrons. The number of hydrogen-bond acceptors (Lipinski definition) is 4. The number of carboxylic acids is 2. The Morgan fingerprint density at radius 1 is 1.40 bits per heavy atom. The highest BCUT2D eigenvalue weighted by molar-refractivity contribution is 6.06. The van der Waals surface area contributed by atoms with E-state index < -0.39 is 47.2 Å². The number of halogens is 1. The van der Waals surface area contributed by atoms with Gasteiger partial charge in [-0.3, -0.25) is 9.59 Å². The minimum Gasteiger partial charge on any atom is -0.480 e. The highest BCUT2D eigenvalue weighted by Gasteiger charge is 2.85. The Labute approximate surface area is 82.9 Å². The largest absolute Gasteiger partial charge is 0.480 e. The van der Waals surface area contributed by atoms with Gasteiger partial charge in [0.1, 0.15) is 11.3 Å².